The Balaban J connectivity index is 1.40. The number of nitrogens with two attached hydrogens (primary N) is 1. The molecule has 0 bridgehead atoms. The maximum atomic E-state index is 13.9. The van der Waals surface area contributed by atoms with Gasteiger partial charge in [0.1, 0.15) is 5.54 Å². The zero-order valence-electron chi connectivity index (χ0n) is 19.0. The van der Waals surface area contributed by atoms with Gasteiger partial charge in [-0.25, -0.2) is 0 Å². The number of likely N-dealkylation sites (tertiary alicyclic amines) is 1. The van der Waals surface area contributed by atoms with Crippen LogP contribution in [0.15, 0.2) is 36.4 Å². The lowest BCUT2D eigenvalue weighted by molar-refractivity contribution is -0.143. The van der Waals surface area contributed by atoms with Gasteiger partial charge >= 0.3 is 0 Å². The molecule has 0 unspecified atom stereocenters. The number of rotatable bonds is 5. The van der Waals surface area contributed by atoms with Gasteiger partial charge in [-0.1, -0.05) is 23.8 Å². The van der Waals surface area contributed by atoms with Crippen molar-refractivity contribution >= 4 is 29.3 Å². The minimum atomic E-state index is -1.40. The number of hydrogen-bond donors (Lipinski definition) is 3. The molecule has 4 aliphatic rings. The van der Waals surface area contributed by atoms with Crippen LogP contribution in [0.25, 0.3) is 0 Å². The van der Waals surface area contributed by atoms with Gasteiger partial charge in [0, 0.05) is 23.7 Å². The molecule has 180 valence electrons. The molecule has 2 saturated heterocycles. The number of fused-ring (bicyclic) bond motifs is 5. The first kappa shape index (κ1) is 21.6. The molecule has 10 heteroatoms. The van der Waals surface area contributed by atoms with Crippen molar-refractivity contribution in [3.8, 4) is 11.5 Å². The number of primary amides is 1. The topological polar surface area (TPSA) is 140 Å². The number of anilines is 1. The summed E-state index contributed by atoms with van der Waals surface area (Å²) in [6, 6.07) is 10.2. The molecule has 0 saturated carbocycles. The lowest BCUT2D eigenvalue weighted by atomic mass is 9.76. The fourth-order valence-corrected chi connectivity index (χ4v) is 5.90. The van der Waals surface area contributed by atoms with Gasteiger partial charge in [-0.05, 0) is 37.1 Å². The molecule has 4 heterocycles. The third-order valence-corrected chi connectivity index (χ3v) is 7.44. The molecule has 0 aromatic heterocycles. The number of nitrogens with zero attached hydrogens (tertiary/aromatic N) is 1. The van der Waals surface area contributed by atoms with Crippen LogP contribution < -0.4 is 25.8 Å². The monoisotopic (exact) mass is 476 g/mol. The Morgan fingerprint density at radius 3 is 2.71 bits per heavy atom. The normalized spacial score (nSPS) is 28.0. The lowest BCUT2D eigenvalue weighted by Gasteiger charge is -2.29. The first-order valence-electron chi connectivity index (χ1n) is 11.5. The first-order valence-corrected chi connectivity index (χ1v) is 11.5. The standard InChI is InChI=1S/C25H24N4O6/c1-12-2-4-15-14(8-12)25(24(33)27-15)21-20(16(28-25)5-7-19(26)30)22(31)29(23(21)32)10-13-3-6-17-18(9-13)35-11-34-17/h2-4,6,8-9,16,20-21,28H,5,7,10-11H2,1H3,(H2,26,30)(H,27,33)/t16-,20+,21+,25-/m0/s1. The maximum Gasteiger partial charge on any atom is 0.250 e. The largest absolute Gasteiger partial charge is 0.454 e. The van der Waals surface area contributed by atoms with E-state index >= 15 is 0 Å². The summed E-state index contributed by atoms with van der Waals surface area (Å²) in [5, 5.41) is 6.19. The number of amides is 4. The molecule has 2 fully saturated rings. The molecule has 35 heavy (non-hydrogen) atoms. The summed E-state index contributed by atoms with van der Waals surface area (Å²) in [6.45, 7) is 2.07. The second-order valence-corrected chi connectivity index (χ2v) is 9.52. The van der Waals surface area contributed by atoms with Crippen molar-refractivity contribution in [3.63, 3.8) is 0 Å². The summed E-state index contributed by atoms with van der Waals surface area (Å²) in [7, 11) is 0. The molecule has 4 aliphatic heterocycles. The van der Waals surface area contributed by atoms with Gasteiger partial charge in [0.15, 0.2) is 11.5 Å². The molecule has 2 aromatic rings. The molecule has 2 aromatic carbocycles. The fourth-order valence-electron chi connectivity index (χ4n) is 5.90. The van der Waals surface area contributed by atoms with Gasteiger partial charge in [-0.3, -0.25) is 29.4 Å². The van der Waals surface area contributed by atoms with Gasteiger partial charge in [0.25, 0.3) is 0 Å². The average molecular weight is 476 g/mol. The van der Waals surface area contributed by atoms with Crippen LogP contribution in [0.2, 0.25) is 0 Å². The van der Waals surface area contributed by atoms with Crippen LogP contribution in [0.1, 0.15) is 29.5 Å². The second kappa shape index (κ2) is 7.54. The quantitative estimate of drug-likeness (QED) is 0.545. The highest BCUT2D eigenvalue weighted by atomic mass is 16.7. The Hall–Kier alpha value is -3.92. The SMILES string of the molecule is Cc1ccc2c(c1)[C@@]1(N[C@@H](CCC(N)=O)[C@H]3C(=O)N(Cc4ccc5c(c4)OCO5)C(=O)[C@@H]31)C(=O)N2. The highest BCUT2D eigenvalue weighted by Crippen LogP contribution is 2.54. The molecular formula is C25H24N4O6. The maximum absolute atomic E-state index is 13.9. The molecule has 0 aliphatic carbocycles. The van der Waals surface area contributed by atoms with Crippen molar-refractivity contribution in [2.24, 2.45) is 17.6 Å². The van der Waals surface area contributed by atoms with E-state index in [1.807, 2.05) is 19.1 Å². The lowest BCUT2D eigenvalue weighted by Crippen LogP contribution is -2.53. The number of carbonyl (C=O) groups is 4. The number of hydrogen-bond acceptors (Lipinski definition) is 7. The summed E-state index contributed by atoms with van der Waals surface area (Å²) < 4.78 is 10.8. The van der Waals surface area contributed by atoms with Crippen LogP contribution in [-0.2, 0) is 31.3 Å². The van der Waals surface area contributed by atoms with Crippen molar-refractivity contribution < 1.29 is 28.7 Å². The Morgan fingerprint density at radius 2 is 1.91 bits per heavy atom. The van der Waals surface area contributed by atoms with E-state index in [9.17, 15) is 19.2 Å². The van der Waals surface area contributed by atoms with Crippen LogP contribution in [0, 0.1) is 18.8 Å². The van der Waals surface area contributed by atoms with Crippen LogP contribution in [0.3, 0.4) is 0 Å². The Morgan fingerprint density at radius 1 is 1.11 bits per heavy atom. The minimum absolute atomic E-state index is 0.0306. The van der Waals surface area contributed by atoms with Gasteiger partial charge in [0.2, 0.25) is 30.4 Å². The van der Waals surface area contributed by atoms with E-state index in [-0.39, 0.29) is 38.0 Å². The van der Waals surface area contributed by atoms with Crippen molar-refractivity contribution in [1.29, 1.82) is 0 Å². The molecule has 4 amide bonds. The predicted molar refractivity (Wildman–Crippen MR) is 122 cm³/mol. The zero-order valence-corrected chi connectivity index (χ0v) is 19.0. The number of aryl methyl sites for hydroxylation is 1. The van der Waals surface area contributed by atoms with Crippen LogP contribution in [0.5, 0.6) is 11.5 Å². The van der Waals surface area contributed by atoms with Crippen molar-refractivity contribution in [2.75, 3.05) is 12.1 Å². The number of imide groups is 1. The predicted octanol–water partition coefficient (Wildman–Crippen LogP) is 0.910. The number of nitrogens with one attached hydrogen (secondary N) is 2. The number of ether oxygens (including phenoxy) is 2. The summed E-state index contributed by atoms with van der Waals surface area (Å²) in [6.07, 6.45) is 0.270. The second-order valence-electron chi connectivity index (χ2n) is 9.52. The van der Waals surface area contributed by atoms with E-state index in [2.05, 4.69) is 10.6 Å². The van der Waals surface area contributed by atoms with Gasteiger partial charge in [0.05, 0.1) is 18.4 Å². The van der Waals surface area contributed by atoms with Crippen LogP contribution in [-0.4, -0.2) is 41.4 Å². The minimum Gasteiger partial charge on any atom is -0.454 e. The summed E-state index contributed by atoms with van der Waals surface area (Å²) in [5.41, 5.74) is 6.87. The first-order chi connectivity index (χ1) is 16.8. The molecule has 6 rings (SSSR count). The summed E-state index contributed by atoms with van der Waals surface area (Å²) in [5.74, 6) is -2.25. The Bertz CT molecular complexity index is 1310. The summed E-state index contributed by atoms with van der Waals surface area (Å²) >= 11 is 0. The number of carbonyl (C=O) groups excluding carboxylic acids is 4. The number of benzene rings is 2. The zero-order chi connectivity index (χ0) is 24.5. The Kier molecular flexibility index (Phi) is 4.65. The van der Waals surface area contributed by atoms with Crippen molar-refractivity contribution in [1.82, 2.24) is 10.2 Å². The van der Waals surface area contributed by atoms with Gasteiger partial charge in [-0.15, -0.1) is 0 Å². The van der Waals surface area contributed by atoms with Gasteiger partial charge < -0.3 is 20.5 Å². The molecule has 4 atom stereocenters. The fraction of sp³-hybridized carbons (Fsp3) is 0.360. The van der Waals surface area contributed by atoms with Crippen LogP contribution >= 0.6 is 0 Å². The summed E-state index contributed by atoms with van der Waals surface area (Å²) in [4.78, 5) is 53.8. The third kappa shape index (κ3) is 3.06. The molecule has 1 spiro atoms. The highest BCUT2D eigenvalue weighted by molar-refractivity contribution is 6.15. The van der Waals surface area contributed by atoms with E-state index in [1.165, 1.54) is 4.90 Å². The van der Waals surface area contributed by atoms with E-state index < -0.39 is 35.2 Å². The molecular weight excluding hydrogens is 452 g/mol. The van der Waals surface area contributed by atoms with E-state index in [0.717, 1.165) is 5.56 Å². The van der Waals surface area contributed by atoms with E-state index in [4.69, 9.17) is 15.2 Å². The highest BCUT2D eigenvalue weighted by Gasteiger charge is 2.70. The van der Waals surface area contributed by atoms with Gasteiger partial charge in [-0.2, -0.15) is 0 Å². The van der Waals surface area contributed by atoms with Crippen molar-refractivity contribution in [2.45, 2.75) is 37.9 Å². The molecule has 0 radical (unpaired) electrons. The Labute approximate surface area is 200 Å². The molecule has 4 N–H and O–H groups in total. The third-order valence-electron chi connectivity index (χ3n) is 7.44. The van der Waals surface area contributed by atoms with Crippen molar-refractivity contribution in [3.05, 3.63) is 53.1 Å². The van der Waals surface area contributed by atoms with E-state index in [1.54, 1.807) is 24.3 Å². The molecule has 10 nitrogen and oxygen atoms in total. The average Bonchev–Trinajstić information content (AvgIpc) is 3.55. The smallest absolute Gasteiger partial charge is 0.250 e. The van der Waals surface area contributed by atoms with E-state index in [0.29, 0.717) is 28.3 Å². The van der Waals surface area contributed by atoms with Crippen LogP contribution in [0.4, 0.5) is 5.69 Å².